The van der Waals surface area contributed by atoms with Crippen LogP contribution in [0, 0.1) is 12.8 Å². The lowest BCUT2D eigenvalue weighted by Gasteiger charge is -2.21. The summed E-state index contributed by atoms with van der Waals surface area (Å²) in [7, 11) is 1.58. The lowest BCUT2D eigenvalue weighted by molar-refractivity contribution is -0.0502. The Morgan fingerprint density at radius 3 is 2.77 bits per heavy atom. The molecule has 1 aromatic rings. The topological polar surface area (TPSA) is 61.8 Å². The standard InChI is InChI=1S/C15H20F2N2O3/c1-9-3-6-11(7-13(9)22-14(16)17)18-15(21)19(2)8-12(20)10-4-5-10/h3,6-7,10,12,14,20H,4-5,8H2,1-2H3,(H,18,21). The van der Waals surface area contributed by atoms with Crippen LogP contribution in [0.3, 0.4) is 0 Å². The fourth-order valence-corrected chi connectivity index (χ4v) is 2.11. The van der Waals surface area contributed by atoms with Gasteiger partial charge in [0.1, 0.15) is 5.75 Å². The molecule has 2 amide bonds. The maximum absolute atomic E-state index is 12.3. The van der Waals surface area contributed by atoms with Crippen molar-refractivity contribution in [3.05, 3.63) is 23.8 Å². The number of hydrogen-bond acceptors (Lipinski definition) is 3. The molecule has 2 N–H and O–H groups in total. The van der Waals surface area contributed by atoms with Gasteiger partial charge < -0.3 is 20.1 Å². The molecule has 5 nitrogen and oxygen atoms in total. The number of carbonyl (C=O) groups excluding carboxylic acids is 1. The van der Waals surface area contributed by atoms with Gasteiger partial charge in [-0.3, -0.25) is 0 Å². The van der Waals surface area contributed by atoms with Crippen LogP contribution >= 0.6 is 0 Å². The predicted octanol–water partition coefficient (Wildman–Crippen LogP) is 2.83. The summed E-state index contributed by atoms with van der Waals surface area (Å²) in [5.41, 5.74) is 0.912. The highest BCUT2D eigenvalue weighted by atomic mass is 19.3. The molecule has 122 valence electrons. The Balaban J connectivity index is 1.95. The van der Waals surface area contributed by atoms with E-state index in [1.165, 1.54) is 11.0 Å². The third-order valence-electron chi connectivity index (χ3n) is 3.63. The van der Waals surface area contributed by atoms with Gasteiger partial charge in [0.25, 0.3) is 0 Å². The second kappa shape index (κ2) is 6.91. The lowest BCUT2D eigenvalue weighted by atomic mass is 10.2. The van der Waals surface area contributed by atoms with E-state index in [2.05, 4.69) is 10.1 Å². The number of aliphatic hydroxyl groups is 1. The number of ether oxygens (including phenoxy) is 1. The zero-order valence-electron chi connectivity index (χ0n) is 12.6. The number of rotatable bonds is 6. The number of halogens is 2. The SMILES string of the molecule is Cc1ccc(NC(=O)N(C)CC(O)C2CC2)cc1OC(F)F. The van der Waals surface area contributed by atoms with Crippen LogP contribution in [0.5, 0.6) is 5.75 Å². The van der Waals surface area contributed by atoms with E-state index in [1.807, 2.05) is 0 Å². The molecule has 0 radical (unpaired) electrons. The molecule has 1 unspecified atom stereocenters. The van der Waals surface area contributed by atoms with E-state index in [4.69, 9.17) is 0 Å². The number of likely N-dealkylation sites (N-methyl/N-ethyl adjacent to an activating group) is 1. The number of aryl methyl sites for hydroxylation is 1. The van der Waals surface area contributed by atoms with E-state index in [0.717, 1.165) is 12.8 Å². The summed E-state index contributed by atoms with van der Waals surface area (Å²) in [6, 6.07) is 4.14. The number of nitrogens with one attached hydrogen (secondary N) is 1. The van der Waals surface area contributed by atoms with Gasteiger partial charge in [0.05, 0.1) is 6.10 Å². The van der Waals surface area contributed by atoms with E-state index in [9.17, 15) is 18.7 Å². The minimum atomic E-state index is -2.92. The van der Waals surface area contributed by atoms with Crippen LogP contribution in [0.1, 0.15) is 18.4 Å². The van der Waals surface area contributed by atoms with Gasteiger partial charge in [0.2, 0.25) is 0 Å². The van der Waals surface area contributed by atoms with Gasteiger partial charge in [-0.15, -0.1) is 0 Å². The van der Waals surface area contributed by atoms with Crippen molar-refractivity contribution >= 4 is 11.7 Å². The van der Waals surface area contributed by atoms with Gasteiger partial charge in [0.15, 0.2) is 0 Å². The Bertz CT molecular complexity index is 536. The van der Waals surface area contributed by atoms with Gasteiger partial charge in [-0.1, -0.05) is 6.07 Å². The number of hydrogen-bond donors (Lipinski definition) is 2. The molecule has 22 heavy (non-hydrogen) atoms. The van der Waals surface area contributed by atoms with E-state index < -0.39 is 18.7 Å². The van der Waals surface area contributed by atoms with Crippen molar-refractivity contribution in [3.63, 3.8) is 0 Å². The normalized spacial score (nSPS) is 15.5. The molecule has 0 aliphatic heterocycles. The first-order valence-electron chi connectivity index (χ1n) is 7.12. The smallest absolute Gasteiger partial charge is 0.387 e. The summed E-state index contributed by atoms with van der Waals surface area (Å²) in [5.74, 6) is 0.300. The molecule has 1 saturated carbocycles. The number of nitrogens with zero attached hydrogens (tertiary/aromatic N) is 1. The Morgan fingerprint density at radius 2 is 2.18 bits per heavy atom. The van der Waals surface area contributed by atoms with Gasteiger partial charge in [-0.05, 0) is 37.3 Å². The largest absolute Gasteiger partial charge is 0.434 e. The summed E-state index contributed by atoms with van der Waals surface area (Å²) < 4.78 is 29.0. The molecule has 1 aliphatic carbocycles. The number of alkyl halides is 2. The van der Waals surface area contributed by atoms with Crippen molar-refractivity contribution in [1.82, 2.24) is 4.90 Å². The maximum Gasteiger partial charge on any atom is 0.387 e. The number of aliphatic hydroxyl groups excluding tert-OH is 1. The van der Waals surface area contributed by atoms with Crippen LogP contribution in [0.4, 0.5) is 19.3 Å². The van der Waals surface area contributed by atoms with Crippen molar-refractivity contribution in [2.75, 3.05) is 18.9 Å². The van der Waals surface area contributed by atoms with Crippen molar-refractivity contribution in [1.29, 1.82) is 0 Å². The molecule has 0 aromatic heterocycles. The number of benzene rings is 1. The van der Waals surface area contributed by atoms with Gasteiger partial charge in [-0.2, -0.15) is 8.78 Å². The molecule has 7 heteroatoms. The summed E-state index contributed by atoms with van der Waals surface area (Å²) in [6.07, 6.45) is 1.46. The van der Waals surface area contributed by atoms with Crippen molar-refractivity contribution < 1.29 is 23.4 Å². The first kappa shape index (κ1) is 16.5. The van der Waals surface area contributed by atoms with Crippen LogP contribution < -0.4 is 10.1 Å². The Kier molecular flexibility index (Phi) is 5.18. The third kappa shape index (κ3) is 4.56. The second-order valence-electron chi connectivity index (χ2n) is 5.57. The van der Waals surface area contributed by atoms with E-state index in [0.29, 0.717) is 11.3 Å². The van der Waals surface area contributed by atoms with Crippen molar-refractivity contribution in [3.8, 4) is 5.75 Å². The molecule has 1 atom stereocenters. The molecule has 1 aromatic carbocycles. The zero-order valence-corrected chi connectivity index (χ0v) is 12.6. The molecule has 2 rings (SSSR count). The summed E-state index contributed by atoms with van der Waals surface area (Å²) >= 11 is 0. The maximum atomic E-state index is 12.3. The Morgan fingerprint density at radius 1 is 1.50 bits per heavy atom. The van der Waals surface area contributed by atoms with Crippen molar-refractivity contribution in [2.24, 2.45) is 5.92 Å². The summed E-state index contributed by atoms with van der Waals surface area (Å²) in [5, 5.41) is 12.4. The minimum Gasteiger partial charge on any atom is -0.434 e. The number of anilines is 1. The summed E-state index contributed by atoms with van der Waals surface area (Å²) in [4.78, 5) is 13.4. The molecular formula is C15H20F2N2O3. The highest BCUT2D eigenvalue weighted by Gasteiger charge is 2.31. The number of carbonyl (C=O) groups is 1. The third-order valence-corrected chi connectivity index (χ3v) is 3.63. The van der Waals surface area contributed by atoms with E-state index in [-0.39, 0.29) is 18.2 Å². The lowest BCUT2D eigenvalue weighted by Crippen LogP contribution is -2.38. The second-order valence-corrected chi connectivity index (χ2v) is 5.57. The van der Waals surface area contributed by atoms with Crippen LogP contribution in [0.15, 0.2) is 18.2 Å². The number of urea groups is 1. The molecular weight excluding hydrogens is 294 g/mol. The Hall–Kier alpha value is -1.89. The fraction of sp³-hybridized carbons (Fsp3) is 0.533. The average Bonchev–Trinajstić information content (AvgIpc) is 3.26. The van der Waals surface area contributed by atoms with E-state index >= 15 is 0 Å². The first-order chi connectivity index (χ1) is 10.4. The van der Waals surface area contributed by atoms with E-state index in [1.54, 1.807) is 26.1 Å². The zero-order chi connectivity index (χ0) is 16.3. The molecule has 0 saturated heterocycles. The Labute approximate surface area is 127 Å². The quantitative estimate of drug-likeness (QED) is 0.849. The monoisotopic (exact) mass is 314 g/mol. The minimum absolute atomic E-state index is 0.0217. The first-order valence-corrected chi connectivity index (χ1v) is 7.12. The number of amides is 2. The highest BCUT2D eigenvalue weighted by Crippen LogP contribution is 2.32. The van der Waals surface area contributed by atoms with Gasteiger partial charge in [-0.25, -0.2) is 4.79 Å². The molecule has 1 aliphatic rings. The summed E-state index contributed by atoms with van der Waals surface area (Å²) in [6.45, 7) is -1.04. The van der Waals surface area contributed by atoms with Crippen LogP contribution in [-0.4, -0.2) is 42.3 Å². The fourth-order valence-electron chi connectivity index (χ4n) is 2.11. The predicted molar refractivity (Wildman–Crippen MR) is 78.2 cm³/mol. The van der Waals surface area contributed by atoms with Crippen molar-refractivity contribution in [2.45, 2.75) is 32.5 Å². The average molecular weight is 314 g/mol. The van der Waals surface area contributed by atoms with Gasteiger partial charge >= 0.3 is 12.6 Å². The molecule has 0 spiro atoms. The van der Waals surface area contributed by atoms with Crippen LogP contribution in [0.25, 0.3) is 0 Å². The molecule has 0 bridgehead atoms. The molecule has 1 fully saturated rings. The molecule has 0 heterocycles. The highest BCUT2D eigenvalue weighted by molar-refractivity contribution is 5.89. The van der Waals surface area contributed by atoms with Crippen LogP contribution in [-0.2, 0) is 0 Å². The van der Waals surface area contributed by atoms with Gasteiger partial charge in [0, 0.05) is 25.3 Å². The van der Waals surface area contributed by atoms with Crippen LogP contribution in [0.2, 0.25) is 0 Å².